The van der Waals surface area contributed by atoms with E-state index in [1.165, 1.54) is 13.0 Å². The van der Waals surface area contributed by atoms with Gasteiger partial charge in [0.1, 0.15) is 17.9 Å². The summed E-state index contributed by atoms with van der Waals surface area (Å²) < 4.78 is 6.44. The van der Waals surface area contributed by atoms with Crippen LogP contribution in [-0.4, -0.2) is 47.4 Å². The number of aliphatic hydroxyl groups excluding tert-OH is 1. The van der Waals surface area contributed by atoms with Gasteiger partial charge in [0.2, 0.25) is 0 Å². The molecule has 28 heavy (non-hydrogen) atoms. The van der Waals surface area contributed by atoms with Gasteiger partial charge in [-0.1, -0.05) is 13.0 Å². The fourth-order valence-electron chi connectivity index (χ4n) is 5.67. The molecule has 3 aliphatic rings. The summed E-state index contributed by atoms with van der Waals surface area (Å²) in [6.07, 6.45) is 6.96. The van der Waals surface area contributed by atoms with Crippen LogP contribution in [0.4, 0.5) is 0 Å². The molecule has 2 aromatic rings. The molecule has 5 atom stereocenters. The first-order valence-electron chi connectivity index (χ1n) is 10.2. The minimum absolute atomic E-state index is 0. The van der Waals surface area contributed by atoms with E-state index in [1.54, 1.807) is 7.11 Å². The maximum absolute atomic E-state index is 11.6. The summed E-state index contributed by atoms with van der Waals surface area (Å²) in [6, 6.07) is 8.15. The van der Waals surface area contributed by atoms with Crippen LogP contribution < -0.4 is 21.7 Å². The Morgan fingerprint density at radius 3 is 2.93 bits per heavy atom. The Balaban J connectivity index is 0.00000225. The maximum atomic E-state index is 11.6. The highest BCUT2D eigenvalue weighted by molar-refractivity contribution is 5.83. The molecule has 5 unspecified atom stereocenters. The molecule has 1 aromatic heterocycles. The van der Waals surface area contributed by atoms with Crippen LogP contribution in [0, 0.1) is 11.8 Å². The van der Waals surface area contributed by atoms with Crippen LogP contribution in [-0.2, 0) is 0 Å². The molecule has 3 aliphatic heterocycles. The van der Waals surface area contributed by atoms with Crippen molar-refractivity contribution >= 4 is 10.9 Å². The number of nitrogens with zero attached hydrogens (tertiary/aromatic N) is 2. The molecule has 4 nitrogen and oxygen atoms in total. The van der Waals surface area contributed by atoms with Crippen LogP contribution in [0.1, 0.15) is 37.9 Å². The third-order valence-corrected chi connectivity index (χ3v) is 7.01. The van der Waals surface area contributed by atoms with E-state index in [4.69, 9.17) is 4.74 Å². The van der Waals surface area contributed by atoms with Gasteiger partial charge in [-0.05, 0) is 42.2 Å². The van der Waals surface area contributed by atoms with Gasteiger partial charge >= 0.3 is 0 Å². The van der Waals surface area contributed by atoms with Gasteiger partial charge in [0, 0.05) is 30.3 Å². The molecule has 0 aliphatic carbocycles. The Morgan fingerprint density at radius 1 is 1.39 bits per heavy atom. The minimum Gasteiger partial charge on any atom is -1.00 e. The summed E-state index contributed by atoms with van der Waals surface area (Å²) in [4.78, 5) is 4.49. The summed E-state index contributed by atoms with van der Waals surface area (Å²) in [6.45, 7) is 9.77. The minimum atomic E-state index is -0.484. The molecule has 0 saturated carbocycles. The Bertz CT molecular complexity index is 838. The standard InChI is InChI=1S/C23H31N2O2.BrH/c1-4-11-25-12-9-17(16(5-2)15-25)13-22(25)23(26)19-8-10-24-21-7-6-18(27-3)14-20(19)21;/h5-8,10,14,16-17,22-23,26H,2,4,9,11-13,15H2,1,3H3;1H/q+1;/p-1. The number of halogens is 1. The van der Waals surface area contributed by atoms with Crippen molar-refractivity contribution in [2.45, 2.75) is 38.3 Å². The normalized spacial score (nSPS) is 29.9. The van der Waals surface area contributed by atoms with E-state index in [0.717, 1.165) is 52.6 Å². The molecular weight excluding hydrogens is 416 g/mol. The van der Waals surface area contributed by atoms with Gasteiger partial charge < -0.3 is 31.3 Å². The van der Waals surface area contributed by atoms with Crippen LogP contribution >= 0.6 is 0 Å². The zero-order valence-corrected chi connectivity index (χ0v) is 18.4. The molecule has 152 valence electrons. The van der Waals surface area contributed by atoms with Gasteiger partial charge in [-0.2, -0.15) is 0 Å². The fourth-order valence-corrected chi connectivity index (χ4v) is 5.67. The highest BCUT2D eigenvalue weighted by atomic mass is 79.9. The smallest absolute Gasteiger partial charge is 0.131 e. The molecule has 1 aromatic carbocycles. The van der Waals surface area contributed by atoms with Gasteiger partial charge in [0.05, 0.1) is 32.3 Å². The van der Waals surface area contributed by atoms with Gasteiger partial charge in [-0.25, -0.2) is 0 Å². The lowest BCUT2D eigenvalue weighted by atomic mass is 9.71. The maximum Gasteiger partial charge on any atom is 0.131 e. The van der Waals surface area contributed by atoms with Gasteiger partial charge in [0.25, 0.3) is 0 Å². The number of hydrogen-bond acceptors (Lipinski definition) is 3. The third kappa shape index (κ3) is 3.49. The largest absolute Gasteiger partial charge is 1.00 e. The van der Waals surface area contributed by atoms with Gasteiger partial charge in [-0.3, -0.25) is 4.98 Å². The molecular formula is C23H31BrN2O2. The van der Waals surface area contributed by atoms with Crippen molar-refractivity contribution < 1.29 is 31.3 Å². The number of ether oxygens (including phenoxy) is 1. The van der Waals surface area contributed by atoms with E-state index < -0.39 is 6.10 Å². The van der Waals surface area contributed by atoms with Crippen molar-refractivity contribution in [3.05, 3.63) is 48.7 Å². The number of piperidine rings is 3. The topological polar surface area (TPSA) is 42.4 Å². The summed E-state index contributed by atoms with van der Waals surface area (Å²) in [5, 5.41) is 12.6. The van der Waals surface area contributed by atoms with E-state index in [2.05, 4.69) is 24.6 Å². The molecule has 4 heterocycles. The molecule has 0 spiro atoms. The first-order chi connectivity index (χ1) is 13.1. The average molecular weight is 447 g/mol. The van der Waals surface area contributed by atoms with Crippen molar-refractivity contribution in [3.63, 3.8) is 0 Å². The predicted molar refractivity (Wildman–Crippen MR) is 109 cm³/mol. The van der Waals surface area contributed by atoms with Crippen molar-refractivity contribution in [3.8, 4) is 5.75 Å². The highest BCUT2D eigenvalue weighted by Crippen LogP contribution is 2.47. The second kappa shape index (κ2) is 8.52. The number of hydrogen-bond donors (Lipinski definition) is 1. The van der Waals surface area contributed by atoms with E-state index >= 15 is 0 Å². The average Bonchev–Trinajstić information content (AvgIpc) is 2.72. The monoisotopic (exact) mass is 446 g/mol. The predicted octanol–water partition coefficient (Wildman–Crippen LogP) is 1.10. The van der Waals surface area contributed by atoms with Crippen molar-refractivity contribution in [2.24, 2.45) is 11.8 Å². The lowest BCUT2D eigenvalue weighted by Gasteiger charge is -2.58. The lowest BCUT2D eigenvalue weighted by Crippen LogP contribution is -3.00. The number of fused-ring (bicyclic) bond motifs is 4. The fraction of sp³-hybridized carbons (Fsp3) is 0.522. The molecule has 2 bridgehead atoms. The molecule has 0 radical (unpaired) electrons. The number of aliphatic hydroxyl groups is 1. The van der Waals surface area contributed by atoms with Crippen molar-refractivity contribution in [1.82, 2.24) is 4.98 Å². The molecule has 3 fully saturated rings. The van der Waals surface area contributed by atoms with Crippen molar-refractivity contribution in [2.75, 3.05) is 26.7 Å². The number of methoxy groups -OCH3 is 1. The Hall–Kier alpha value is -1.43. The third-order valence-electron chi connectivity index (χ3n) is 7.01. The van der Waals surface area contributed by atoms with E-state index in [1.807, 2.05) is 30.5 Å². The second-order valence-electron chi connectivity index (χ2n) is 8.33. The second-order valence-corrected chi connectivity index (χ2v) is 8.33. The highest BCUT2D eigenvalue weighted by Gasteiger charge is 2.53. The quantitative estimate of drug-likeness (QED) is 0.533. The summed E-state index contributed by atoms with van der Waals surface area (Å²) in [5.74, 6) is 2.04. The lowest BCUT2D eigenvalue weighted by molar-refractivity contribution is -0.973. The van der Waals surface area contributed by atoms with Crippen LogP contribution in [0.3, 0.4) is 0 Å². The first-order valence-corrected chi connectivity index (χ1v) is 10.2. The van der Waals surface area contributed by atoms with E-state index in [-0.39, 0.29) is 23.0 Å². The van der Waals surface area contributed by atoms with E-state index in [0.29, 0.717) is 11.8 Å². The van der Waals surface area contributed by atoms with E-state index in [9.17, 15) is 5.11 Å². The number of quaternary nitrogens is 1. The Morgan fingerprint density at radius 2 is 2.21 bits per heavy atom. The summed E-state index contributed by atoms with van der Waals surface area (Å²) in [5.41, 5.74) is 1.90. The SMILES string of the molecule is C=CC1C[N+]2(CCC)CCC1CC2C(O)c1ccnc2ccc(OC)cc12.[Br-]. The zero-order valence-electron chi connectivity index (χ0n) is 16.9. The zero-order chi connectivity index (χ0) is 19.0. The number of benzene rings is 1. The van der Waals surface area contributed by atoms with Crippen LogP contribution in [0.25, 0.3) is 10.9 Å². The van der Waals surface area contributed by atoms with Gasteiger partial charge in [0.15, 0.2) is 0 Å². The van der Waals surface area contributed by atoms with Crippen LogP contribution in [0.2, 0.25) is 0 Å². The van der Waals surface area contributed by atoms with Crippen molar-refractivity contribution in [1.29, 1.82) is 0 Å². The summed E-state index contributed by atoms with van der Waals surface area (Å²) >= 11 is 0. The Labute approximate surface area is 178 Å². The molecule has 5 heteroatoms. The van der Waals surface area contributed by atoms with Gasteiger partial charge in [-0.15, -0.1) is 6.58 Å². The number of aromatic nitrogens is 1. The first kappa shape index (κ1) is 21.3. The Kier molecular flexibility index (Phi) is 6.47. The molecule has 5 rings (SSSR count). The van der Waals surface area contributed by atoms with Crippen LogP contribution in [0.5, 0.6) is 5.75 Å². The number of rotatable bonds is 6. The molecule has 0 amide bonds. The summed E-state index contributed by atoms with van der Waals surface area (Å²) in [7, 11) is 1.68. The number of pyridine rings is 1. The van der Waals surface area contributed by atoms with Crippen LogP contribution in [0.15, 0.2) is 43.1 Å². The molecule has 1 N–H and O–H groups in total. The molecule has 3 saturated heterocycles.